The molecule has 0 unspecified atom stereocenters. The van der Waals surface area contributed by atoms with Crippen LogP contribution in [0.1, 0.15) is 34.6 Å². The zero-order chi connectivity index (χ0) is 10.0. The number of rotatable bonds is 4. The Balaban J connectivity index is 0. The Bertz CT molecular complexity index is 103. The maximum Gasteiger partial charge on any atom is 0.0757 e. The second-order valence-corrected chi connectivity index (χ2v) is 2.83. The lowest BCUT2D eigenvalue weighted by atomic mass is 10.3. The van der Waals surface area contributed by atoms with Crippen molar-refractivity contribution in [3.63, 3.8) is 0 Å². The van der Waals surface area contributed by atoms with Crippen molar-refractivity contribution < 1.29 is 4.48 Å². The van der Waals surface area contributed by atoms with Gasteiger partial charge in [0.05, 0.1) is 32.2 Å². The zero-order valence-electron chi connectivity index (χ0n) is 9.22. The largest absolute Gasteiger partial charge is 0.325 e. The van der Waals surface area contributed by atoms with Crippen molar-refractivity contribution in [3.8, 4) is 6.07 Å². The maximum absolute atomic E-state index is 7.32. The molecule has 72 valence electrons. The van der Waals surface area contributed by atoms with Crippen LogP contribution in [0.15, 0.2) is 0 Å². The number of hydrogen-bond acceptors (Lipinski definition) is 1. The van der Waals surface area contributed by atoms with Crippen molar-refractivity contribution >= 4 is 0 Å². The van der Waals surface area contributed by atoms with Crippen LogP contribution in [0.4, 0.5) is 0 Å². The summed E-state index contributed by atoms with van der Waals surface area (Å²) in [5, 5.41) is 7.32. The van der Waals surface area contributed by atoms with Gasteiger partial charge in [-0.3, -0.25) is 0 Å². The monoisotopic (exact) mass is 171 g/mol. The summed E-state index contributed by atoms with van der Waals surface area (Å²) in [5.41, 5.74) is 0. The topological polar surface area (TPSA) is 23.8 Å². The fourth-order valence-corrected chi connectivity index (χ4v) is 1.34. The van der Waals surface area contributed by atoms with E-state index in [2.05, 4.69) is 27.7 Å². The normalized spacial score (nSPS) is 9.67. The molecule has 0 atom stereocenters. The molecule has 0 aliphatic heterocycles. The molecular weight excluding hydrogens is 148 g/mol. The van der Waals surface area contributed by atoms with Gasteiger partial charge in [-0.2, -0.15) is 5.26 Å². The minimum absolute atomic E-state index is 1.28. The highest BCUT2D eigenvalue weighted by Gasteiger charge is 2.16. The van der Waals surface area contributed by atoms with Crippen LogP contribution in [0.25, 0.3) is 0 Å². The van der Waals surface area contributed by atoms with Crippen molar-refractivity contribution in [3.05, 3.63) is 0 Å². The summed E-state index contributed by atoms with van der Waals surface area (Å²) < 4.78 is 1.28. The third-order valence-electron chi connectivity index (χ3n) is 2.68. The fourth-order valence-electron chi connectivity index (χ4n) is 1.34. The van der Waals surface area contributed by atoms with Crippen molar-refractivity contribution in [2.45, 2.75) is 34.6 Å². The smallest absolute Gasteiger partial charge is 0.0757 e. The van der Waals surface area contributed by atoms with Gasteiger partial charge >= 0.3 is 0 Å². The lowest BCUT2D eigenvalue weighted by molar-refractivity contribution is -0.921. The summed E-state index contributed by atoms with van der Waals surface area (Å²) in [7, 11) is 0. The van der Waals surface area contributed by atoms with Crippen LogP contribution in [-0.4, -0.2) is 30.7 Å². The average molecular weight is 171 g/mol. The molecule has 0 fully saturated rings. The molecule has 0 aliphatic carbocycles. The molecule has 0 aromatic rings. The Labute approximate surface area is 77.4 Å². The van der Waals surface area contributed by atoms with Crippen molar-refractivity contribution in [1.29, 1.82) is 5.26 Å². The number of nitrogens with zero attached hydrogens (tertiary/aromatic N) is 2. The lowest BCUT2D eigenvalue weighted by Gasteiger charge is -2.34. The van der Waals surface area contributed by atoms with E-state index in [0.29, 0.717) is 0 Å². The van der Waals surface area contributed by atoms with Gasteiger partial charge in [0.1, 0.15) is 0 Å². The van der Waals surface area contributed by atoms with E-state index in [-0.39, 0.29) is 0 Å². The van der Waals surface area contributed by atoms with E-state index in [9.17, 15) is 0 Å². The molecule has 0 N–H and O–H groups in total. The van der Waals surface area contributed by atoms with E-state index in [1.807, 2.05) is 0 Å². The van der Waals surface area contributed by atoms with Crippen LogP contribution in [0.5, 0.6) is 0 Å². The first-order valence-corrected chi connectivity index (χ1v) is 4.82. The molecule has 0 aromatic carbocycles. The van der Waals surface area contributed by atoms with Crippen LogP contribution in [-0.2, 0) is 0 Å². The van der Waals surface area contributed by atoms with Crippen LogP contribution < -0.4 is 0 Å². The molecule has 0 aromatic heterocycles. The molecular formula is C10H23N2+. The number of nitriles is 1. The van der Waals surface area contributed by atoms with Gasteiger partial charge in [-0.15, -0.1) is 0 Å². The molecule has 0 spiro atoms. The quantitative estimate of drug-likeness (QED) is 0.596. The Morgan fingerprint density at radius 1 is 0.917 bits per heavy atom. The van der Waals surface area contributed by atoms with E-state index < -0.39 is 0 Å². The third-order valence-corrected chi connectivity index (χ3v) is 2.68. The highest BCUT2D eigenvalue weighted by Crippen LogP contribution is 2.03. The molecule has 0 bridgehead atoms. The van der Waals surface area contributed by atoms with Gasteiger partial charge < -0.3 is 4.48 Å². The molecule has 0 saturated carbocycles. The van der Waals surface area contributed by atoms with Crippen LogP contribution in [0, 0.1) is 11.3 Å². The van der Waals surface area contributed by atoms with Crippen molar-refractivity contribution in [1.82, 2.24) is 0 Å². The predicted molar refractivity (Wildman–Crippen MR) is 53.7 cm³/mol. The molecule has 2 nitrogen and oxygen atoms in total. The Morgan fingerprint density at radius 2 is 1.08 bits per heavy atom. The third kappa shape index (κ3) is 5.15. The summed E-state index contributed by atoms with van der Waals surface area (Å²) in [6.07, 6.45) is 0. The maximum atomic E-state index is 7.32. The van der Waals surface area contributed by atoms with Crippen molar-refractivity contribution in [2.24, 2.45) is 0 Å². The Hall–Kier alpha value is -0.550. The van der Waals surface area contributed by atoms with Gasteiger partial charge in [0, 0.05) is 6.92 Å². The van der Waals surface area contributed by atoms with Crippen molar-refractivity contribution in [2.75, 3.05) is 26.2 Å². The predicted octanol–water partition coefficient (Wildman–Crippen LogP) is 2.41. The summed E-state index contributed by atoms with van der Waals surface area (Å²) in [6.45, 7) is 15.7. The second kappa shape index (κ2) is 8.55. The standard InChI is InChI=1S/C8H20N.C2H3N/c1-5-9(6-2,7-3)8-4;1-2-3/h5-8H2,1-4H3;1H3/q+1;. The molecule has 0 saturated heterocycles. The zero-order valence-corrected chi connectivity index (χ0v) is 9.22. The van der Waals surface area contributed by atoms with Gasteiger partial charge in [0.2, 0.25) is 0 Å². The first kappa shape index (κ1) is 14.0. The summed E-state index contributed by atoms with van der Waals surface area (Å²) in [5.74, 6) is 0. The fraction of sp³-hybridized carbons (Fsp3) is 0.900. The highest BCUT2D eigenvalue weighted by molar-refractivity contribution is 4.51. The minimum atomic E-state index is 1.28. The SMILES string of the molecule is CC#N.CC[N+](CC)(CC)CC. The molecule has 0 heterocycles. The number of quaternary nitrogens is 1. The van der Waals surface area contributed by atoms with E-state index in [4.69, 9.17) is 5.26 Å². The molecule has 0 rings (SSSR count). The van der Waals surface area contributed by atoms with Gasteiger partial charge in [-0.25, -0.2) is 0 Å². The second-order valence-electron chi connectivity index (χ2n) is 2.83. The molecule has 0 aliphatic rings. The molecule has 12 heavy (non-hydrogen) atoms. The van der Waals surface area contributed by atoms with Crippen LogP contribution in [0.3, 0.4) is 0 Å². The van der Waals surface area contributed by atoms with E-state index in [1.54, 1.807) is 6.07 Å². The van der Waals surface area contributed by atoms with E-state index >= 15 is 0 Å². The lowest BCUT2D eigenvalue weighted by Crippen LogP contribution is -2.47. The first-order chi connectivity index (χ1) is 5.66. The Kier molecular flexibility index (Phi) is 9.97. The Morgan fingerprint density at radius 3 is 1.08 bits per heavy atom. The molecule has 0 radical (unpaired) electrons. The van der Waals surface area contributed by atoms with Gasteiger partial charge in [-0.1, -0.05) is 0 Å². The van der Waals surface area contributed by atoms with Gasteiger partial charge in [0.25, 0.3) is 0 Å². The van der Waals surface area contributed by atoms with Crippen LogP contribution in [0.2, 0.25) is 0 Å². The van der Waals surface area contributed by atoms with E-state index in [1.165, 1.54) is 37.6 Å². The summed E-state index contributed by atoms with van der Waals surface area (Å²) in [4.78, 5) is 0. The van der Waals surface area contributed by atoms with Gasteiger partial charge in [0.15, 0.2) is 0 Å². The summed E-state index contributed by atoms with van der Waals surface area (Å²) in [6, 6.07) is 1.75. The summed E-state index contributed by atoms with van der Waals surface area (Å²) >= 11 is 0. The first-order valence-electron chi connectivity index (χ1n) is 4.82. The van der Waals surface area contributed by atoms with Gasteiger partial charge in [-0.05, 0) is 27.7 Å². The minimum Gasteiger partial charge on any atom is -0.325 e. The highest BCUT2D eigenvalue weighted by atomic mass is 15.3. The average Bonchev–Trinajstić information content (AvgIpc) is 2.11. The van der Waals surface area contributed by atoms with E-state index in [0.717, 1.165) is 0 Å². The molecule has 2 heteroatoms. The number of hydrogen-bond donors (Lipinski definition) is 0. The van der Waals surface area contributed by atoms with Crippen LogP contribution >= 0.6 is 0 Å². The molecule has 0 amide bonds.